The molecule has 0 aliphatic carbocycles. The summed E-state index contributed by atoms with van der Waals surface area (Å²) in [6, 6.07) is 8.86. The molecule has 4 rings (SSSR count). The van der Waals surface area contributed by atoms with E-state index in [0.29, 0.717) is 47.0 Å². The minimum absolute atomic E-state index is 0.00970. The number of hydrogen-bond acceptors (Lipinski definition) is 7. The molecule has 8 heteroatoms. The number of carbonyl (C=O) groups excluding carboxylic acids is 1. The van der Waals surface area contributed by atoms with Crippen LogP contribution in [0.1, 0.15) is 10.4 Å². The lowest BCUT2D eigenvalue weighted by Gasteiger charge is -2.18. The molecule has 0 unspecified atom stereocenters. The molecule has 0 N–H and O–H groups in total. The first kappa shape index (κ1) is 15.8. The fourth-order valence-electron chi connectivity index (χ4n) is 2.49. The van der Waals surface area contributed by atoms with E-state index in [1.165, 1.54) is 11.8 Å². The van der Waals surface area contributed by atoms with Gasteiger partial charge >= 0.3 is 0 Å². The number of ketones is 1. The molecule has 1 aromatic carbocycles. The number of fused-ring (bicyclic) bond motifs is 1. The van der Waals surface area contributed by atoms with Crippen molar-refractivity contribution in [3.8, 4) is 23.1 Å². The summed E-state index contributed by atoms with van der Waals surface area (Å²) in [6.07, 6.45) is 1.59. The van der Waals surface area contributed by atoms with Crippen molar-refractivity contribution < 1.29 is 18.7 Å². The Hall–Kier alpha value is -2.74. The summed E-state index contributed by atoms with van der Waals surface area (Å²) < 4.78 is 18.1. The summed E-state index contributed by atoms with van der Waals surface area (Å²) in [5, 5.41) is 8.89. The Bertz CT molecular complexity index is 905. The molecule has 128 valence electrons. The van der Waals surface area contributed by atoms with Gasteiger partial charge in [-0.2, -0.15) is 0 Å². The molecule has 2 aromatic heterocycles. The molecule has 3 aromatic rings. The number of Topliss-reactive ketones (excluding diaryl/α,β-unsaturated/α-hetero) is 1. The van der Waals surface area contributed by atoms with E-state index in [1.807, 2.05) is 13.1 Å². The van der Waals surface area contributed by atoms with Crippen molar-refractivity contribution in [3.05, 3.63) is 42.2 Å². The van der Waals surface area contributed by atoms with Gasteiger partial charge in [0.25, 0.3) is 0 Å². The van der Waals surface area contributed by atoms with Crippen LogP contribution in [0.3, 0.4) is 0 Å². The van der Waals surface area contributed by atoms with Crippen molar-refractivity contribution in [2.75, 3.05) is 19.0 Å². The molecule has 1 aliphatic heterocycles. The average Bonchev–Trinajstić information content (AvgIpc) is 3.29. The van der Waals surface area contributed by atoms with Gasteiger partial charge in [0.1, 0.15) is 13.2 Å². The van der Waals surface area contributed by atoms with E-state index < -0.39 is 0 Å². The molecule has 0 bridgehead atoms. The fraction of sp³-hybridized carbons (Fsp3) is 0.235. The second-order valence-electron chi connectivity index (χ2n) is 5.41. The van der Waals surface area contributed by atoms with Gasteiger partial charge in [-0.05, 0) is 30.3 Å². The van der Waals surface area contributed by atoms with Crippen LogP contribution >= 0.6 is 11.8 Å². The zero-order valence-corrected chi connectivity index (χ0v) is 14.3. The van der Waals surface area contributed by atoms with Gasteiger partial charge in [0.05, 0.1) is 12.0 Å². The molecule has 3 heterocycles. The molecule has 7 nitrogen and oxygen atoms in total. The van der Waals surface area contributed by atoms with E-state index in [9.17, 15) is 4.79 Å². The Kier molecular flexibility index (Phi) is 4.19. The number of ether oxygens (including phenoxy) is 2. The van der Waals surface area contributed by atoms with E-state index in [-0.39, 0.29) is 11.5 Å². The topological polar surface area (TPSA) is 79.4 Å². The minimum Gasteiger partial charge on any atom is -0.486 e. The molecule has 25 heavy (non-hydrogen) atoms. The van der Waals surface area contributed by atoms with E-state index in [2.05, 4.69) is 10.2 Å². The Morgan fingerprint density at radius 1 is 1.20 bits per heavy atom. The van der Waals surface area contributed by atoms with E-state index in [0.717, 1.165) is 0 Å². The minimum atomic E-state index is -0.00970. The average molecular weight is 357 g/mol. The highest BCUT2D eigenvalue weighted by molar-refractivity contribution is 7.99. The van der Waals surface area contributed by atoms with Crippen molar-refractivity contribution in [2.24, 2.45) is 7.05 Å². The summed E-state index contributed by atoms with van der Waals surface area (Å²) in [6.45, 7) is 1.02. The number of thioether (sulfide) groups is 1. The number of benzene rings is 1. The Morgan fingerprint density at radius 3 is 2.84 bits per heavy atom. The largest absolute Gasteiger partial charge is 0.486 e. The molecule has 0 spiro atoms. The van der Waals surface area contributed by atoms with Gasteiger partial charge in [-0.3, -0.25) is 4.79 Å². The van der Waals surface area contributed by atoms with Crippen LogP contribution in [0, 0.1) is 0 Å². The summed E-state index contributed by atoms with van der Waals surface area (Å²) >= 11 is 1.33. The second-order valence-corrected chi connectivity index (χ2v) is 6.36. The maximum Gasteiger partial charge on any atom is 0.200 e. The Balaban J connectivity index is 1.46. The van der Waals surface area contributed by atoms with E-state index in [1.54, 1.807) is 35.1 Å². The van der Waals surface area contributed by atoms with Crippen LogP contribution in [-0.2, 0) is 7.05 Å². The third-order valence-electron chi connectivity index (χ3n) is 3.77. The van der Waals surface area contributed by atoms with Crippen LogP contribution in [0.5, 0.6) is 11.5 Å². The lowest BCUT2D eigenvalue weighted by atomic mass is 10.1. The lowest BCUT2D eigenvalue weighted by molar-refractivity contribution is 0.102. The van der Waals surface area contributed by atoms with Gasteiger partial charge in [0, 0.05) is 12.6 Å². The van der Waals surface area contributed by atoms with Gasteiger partial charge < -0.3 is 18.5 Å². The second kappa shape index (κ2) is 6.64. The predicted molar refractivity (Wildman–Crippen MR) is 91.2 cm³/mol. The molecule has 0 fully saturated rings. The van der Waals surface area contributed by atoms with Crippen LogP contribution in [0.25, 0.3) is 11.6 Å². The maximum absolute atomic E-state index is 12.5. The number of rotatable bonds is 5. The van der Waals surface area contributed by atoms with Crippen molar-refractivity contribution in [1.82, 2.24) is 14.8 Å². The summed E-state index contributed by atoms with van der Waals surface area (Å²) in [7, 11) is 1.84. The molecule has 0 amide bonds. The van der Waals surface area contributed by atoms with Crippen LogP contribution in [-0.4, -0.2) is 39.5 Å². The first-order valence-corrected chi connectivity index (χ1v) is 8.70. The number of nitrogens with zero attached hydrogens (tertiary/aromatic N) is 3. The molecule has 0 atom stereocenters. The SMILES string of the molecule is Cn1c(SCC(=O)c2ccc3c(c2)OCCO3)nnc1-c1ccco1. The van der Waals surface area contributed by atoms with Crippen molar-refractivity contribution in [2.45, 2.75) is 5.16 Å². The van der Waals surface area contributed by atoms with Crippen molar-refractivity contribution >= 4 is 17.5 Å². The van der Waals surface area contributed by atoms with Gasteiger partial charge in [-0.15, -0.1) is 10.2 Å². The van der Waals surface area contributed by atoms with Gasteiger partial charge in [-0.25, -0.2) is 0 Å². The first-order valence-electron chi connectivity index (χ1n) is 7.71. The third kappa shape index (κ3) is 3.12. The summed E-state index contributed by atoms with van der Waals surface area (Å²) in [5.74, 6) is 2.79. The highest BCUT2D eigenvalue weighted by atomic mass is 32.2. The standard InChI is InChI=1S/C17H15N3O4S/c1-20-16(14-3-2-6-22-14)18-19-17(20)25-10-12(21)11-4-5-13-15(9-11)24-8-7-23-13/h2-6,9H,7-8,10H2,1H3. The zero-order chi connectivity index (χ0) is 17.2. The lowest BCUT2D eigenvalue weighted by Crippen LogP contribution is -2.16. The van der Waals surface area contributed by atoms with Crippen molar-refractivity contribution in [1.29, 1.82) is 0 Å². The van der Waals surface area contributed by atoms with E-state index >= 15 is 0 Å². The van der Waals surface area contributed by atoms with E-state index in [4.69, 9.17) is 13.9 Å². The van der Waals surface area contributed by atoms with Gasteiger partial charge in [0.2, 0.25) is 0 Å². The number of carbonyl (C=O) groups is 1. The quantitative estimate of drug-likeness (QED) is 0.513. The van der Waals surface area contributed by atoms with Gasteiger partial charge in [0.15, 0.2) is 34.0 Å². The Morgan fingerprint density at radius 2 is 2.04 bits per heavy atom. The molecule has 1 aliphatic rings. The third-order valence-corrected chi connectivity index (χ3v) is 4.79. The molecule has 0 saturated heterocycles. The number of aromatic nitrogens is 3. The normalized spacial score (nSPS) is 13.0. The Labute approximate surface area is 147 Å². The van der Waals surface area contributed by atoms with Crippen LogP contribution in [0.15, 0.2) is 46.2 Å². The molecule has 0 radical (unpaired) electrons. The molecule has 0 saturated carbocycles. The van der Waals surface area contributed by atoms with Gasteiger partial charge in [-0.1, -0.05) is 11.8 Å². The van der Waals surface area contributed by atoms with Crippen molar-refractivity contribution in [3.63, 3.8) is 0 Å². The highest BCUT2D eigenvalue weighted by Gasteiger charge is 2.17. The van der Waals surface area contributed by atoms with Crippen LogP contribution in [0.4, 0.5) is 0 Å². The summed E-state index contributed by atoms with van der Waals surface area (Å²) in [5.41, 5.74) is 0.588. The molecular weight excluding hydrogens is 342 g/mol. The first-order chi connectivity index (χ1) is 12.2. The highest BCUT2D eigenvalue weighted by Crippen LogP contribution is 2.31. The number of hydrogen-bond donors (Lipinski definition) is 0. The zero-order valence-electron chi connectivity index (χ0n) is 13.5. The van der Waals surface area contributed by atoms with Crippen LogP contribution in [0.2, 0.25) is 0 Å². The smallest absolute Gasteiger partial charge is 0.200 e. The molecular formula is C17H15N3O4S. The fourth-order valence-corrected chi connectivity index (χ4v) is 3.30. The number of furan rings is 1. The predicted octanol–water partition coefficient (Wildman–Crippen LogP) is 2.82. The maximum atomic E-state index is 12.5. The summed E-state index contributed by atoms with van der Waals surface area (Å²) in [4.78, 5) is 12.5. The van der Waals surface area contributed by atoms with Crippen LogP contribution < -0.4 is 9.47 Å². The monoisotopic (exact) mass is 357 g/mol.